The molecule has 8 nitrogen and oxygen atoms in total. The van der Waals surface area contributed by atoms with E-state index in [0.29, 0.717) is 12.5 Å². The van der Waals surface area contributed by atoms with E-state index < -0.39 is 0 Å². The van der Waals surface area contributed by atoms with Crippen molar-refractivity contribution < 1.29 is 9.84 Å². The number of hydrogen-bond acceptors (Lipinski definition) is 8. The number of rotatable bonds is 4. The third kappa shape index (κ3) is 2.96. The van der Waals surface area contributed by atoms with Crippen molar-refractivity contribution in [2.24, 2.45) is 0 Å². The van der Waals surface area contributed by atoms with E-state index in [9.17, 15) is 0 Å². The van der Waals surface area contributed by atoms with Gasteiger partial charge in [-0.1, -0.05) is 0 Å². The molecular weight excluding hydrogens is 236 g/mol. The van der Waals surface area contributed by atoms with Gasteiger partial charge in [-0.05, 0) is 0 Å². The molecule has 2 heterocycles. The maximum absolute atomic E-state index is 8.88. The summed E-state index contributed by atoms with van der Waals surface area (Å²) in [5.74, 6) is 0.706. The van der Waals surface area contributed by atoms with Crippen LogP contribution in [0.3, 0.4) is 0 Å². The van der Waals surface area contributed by atoms with Crippen LogP contribution in [-0.4, -0.2) is 71.4 Å². The quantitative estimate of drug-likeness (QED) is 0.675. The molecule has 0 saturated carbocycles. The van der Waals surface area contributed by atoms with Gasteiger partial charge in [0.05, 0.1) is 13.7 Å². The monoisotopic (exact) mass is 254 g/mol. The molecule has 0 bridgehead atoms. The maximum atomic E-state index is 8.88. The lowest BCUT2D eigenvalue weighted by Crippen LogP contribution is -2.47. The van der Waals surface area contributed by atoms with Crippen LogP contribution in [0.4, 0.5) is 11.9 Å². The number of nitrogens with zero attached hydrogens (tertiary/aromatic N) is 5. The Hall–Kier alpha value is -1.67. The van der Waals surface area contributed by atoms with Crippen LogP contribution >= 0.6 is 0 Å². The van der Waals surface area contributed by atoms with Gasteiger partial charge in [-0.15, -0.1) is 0 Å². The van der Waals surface area contributed by atoms with E-state index in [4.69, 9.17) is 15.6 Å². The highest BCUT2D eigenvalue weighted by Gasteiger charge is 2.19. The lowest BCUT2D eigenvalue weighted by atomic mass is 10.3. The van der Waals surface area contributed by atoms with E-state index in [1.165, 1.54) is 7.11 Å². The van der Waals surface area contributed by atoms with E-state index in [1.54, 1.807) is 0 Å². The molecule has 8 heteroatoms. The van der Waals surface area contributed by atoms with Crippen molar-refractivity contribution in [2.45, 2.75) is 0 Å². The van der Waals surface area contributed by atoms with Gasteiger partial charge in [-0.2, -0.15) is 15.0 Å². The number of anilines is 2. The molecule has 3 N–H and O–H groups in total. The van der Waals surface area contributed by atoms with Crippen LogP contribution in [0.1, 0.15) is 0 Å². The smallest absolute Gasteiger partial charge is 0.322 e. The fourth-order valence-electron chi connectivity index (χ4n) is 1.91. The first-order valence-electron chi connectivity index (χ1n) is 5.86. The van der Waals surface area contributed by atoms with Crippen molar-refractivity contribution >= 4 is 11.9 Å². The number of methoxy groups -OCH3 is 1. The molecule has 18 heavy (non-hydrogen) atoms. The van der Waals surface area contributed by atoms with Crippen LogP contribution in [0.2, 0.25) is 0 Å². The molecule has 0 atom stereocenters. The summed E-state index contributed by atoms with van der Waals surface area (Å²) < 4.78 is 4.97. The molecule has 0 amide bonds. The van der Waals surface area contributed by atoms with Crippen molar-refractivity contribution in [3.8, 4) is 6.01 Å². The average Bonchev–Trinajstić information content (AvgIpc) is 2.39. The van der Waals surface area contributed by atoms with Gasteiger partial charge >= 0.3 is 6.01 Å². The molecule has 0 aliphatic carbocycles. The molecule has 2 rings (SSSR count). The molecule has 1 aliphatic heterocycles. The van der Waals surface area contributed by atoms with Gasteiger partial charge in [-0.3, -0.25) is 4.90 Å². The number of aliphatic hydroxyl groups is 1. The van der Waals surface area contributed by atoms with Crippen LogP contribution in [0.15, 0.2) is 0 Å². The molecule has 0 spiro atoms. The van der Waals surface area contributed by atoms with Crippen LogP contribution < -0.4 is 15.4 Å². The van der Waals surface area contributed by atoms with Gasteiger partial charge < -0.3 is 20.5 Å². The first kappa shape index (κ1) is 12.8. The summed E-state index contributed by atoms with van der Waals surface area (Å²) in [6.07, 6.45) is 0. The third-order valence-corrected chi connectivity index (χ3v) is 2.87. The Morgan fingerprint density at radius 1 is 1.22 bits per heavy atom. The lowest BCUT2D eigenvalue weighted by Gasteiger charge is -2.34. The minimum absolute atomic E-state index is 0.162. The first-order chi connectivity index (χ1) is 8.72. The topological polar surface area (TPSA) is 101 Å². The number of aliphatic hydroxyl groups excluding tert-OH is 1. The van der Waals surface area contributed by atoms with Crippen molar-refractivity contribution in [1.29, 1.82) is 0 Å². The summed E-state index contributed by atoms with van der Waals surface area (Å²) in [7, 11) is 1.50. The Bertz CT molecular complexity index is 394. The molecule has 0 radical (unpaired) electrons. The van der Waals surface area contributed by atoms with Gasteiger partial charge in [0.2, 0.25) is 11.9 Å². The molecule has 0 unspecified atom stereocenters. The highest BCUT2D eigenvalue weighted by atomic mass is 16.5. The van der Waals surface area contributed by atoms with Gasteiger partial charge in [0.1, 0.15) is 0 Å². The molecule has 1 aromatic rings. The maximum Gasteiger partial charge on any atom is 0.322 e. The number of ether oxygens (including phenoxy) is 1. The molecule has 1 aliphatic rings. The second-order valence-corrected chi connectivity index (χ2v) is 4.03. The third-order valence-electron chi connectivity index (χ3n) is 2.87. The fourth-order valence-corrected chi connectivity index (χ4v) is 1.91. The van der Waals surface area contributed by atoms with Crippen molar-refractivity contribution in [1.82, 2.24) is 19.9 Å². The molecule has 0 aromatic carbocycles. The van der Waals surface area contributed by atoms with Crippen molar-refractivity contribution in [3.05, 3.63) is 0 Å². The fraction of sp³-hybridized carbons (Fsp3) is 0.700. The van der Waals surface area contributed by atoms with E-state index in [2.05, 4.69) is 19.9 Å². The number of piperazine rings is 1. The average molecular weight is 254 g/mol. The normalized spacial score (nSPS) is 16.9. The summed E-state index contributed by atoms with van der Waals surface area (Å²) in [5.41, 5.74) is 5.60. The van der Waals surface area contributed by atoms with Crippen molar-refractivity contribution in [2.75, 3.05) is 57.1 Å². The molecule has 100 valence electrons. The Kier molecular flexibility index (Phi) is 4.11. The molecule has 1 aromatic heterocycles. The lowest BCUT2D eigenvalue weighted by molar-refractivity contribution is 0.188. The predicted octanol–water partition coefficient (Wildman–Crippen LogP) is -1.42. The highest BCUT2D eigenvalue weighted by molar-refractivity contribution is 5.36. The number of nitrogen functional groups attached to an aromatic ring is 1. The number of aromatic nitrogens is 3. The summed E-state index contributed by atoms with van der Waals surface area (Å²) in [6, 6.07) is 0.232. The zero-order valence-electron chi connectivity index (χ0n) is 10.4. The Morgan fingerprint density at radius 3 is 2.56 bits per heavy atom. The Morgan fingerprint density at radius 2 is 1.94 bits per heavy atom. The SMILES string of the molecule is COc1nc(N)nc(N2CCN(CCO)CC2)n1. The van der Waals surface area contributed by atoms with E-state index in [0.717, 1.165) is 26.2 Å². The largest absolute Gasteiger partial charge is 0.467 e. The van der Waals surface area contributed by atoms with Gasteiger partial charge in [0.15, 0.2) is 0 Å². The zero-order chi connectivity index (χ0) is 13.0. The molecule has 1 fully saturated rings. The van der Waals surface area contributed by atoms with Crippen LogP contribution in [-0.2, 0) is 0 Å². The van der Waals surface area contributed by atoms with E-state index >= 15 is 0 Å². The predicted molar refractivity (Wildman–Crippen MR) is 66.5 cm³/mol. The van der Waals surface area contributed by atoms with Gasteiger partial charge in [0, 0.05) is 32.7 Å². The minimum Gasteiger partial charge on any atom is -0.467 e. The standard InChI is InChI=1S/C10H18N6O2/c1-18-10-13-8(11)12-9(14-10)16-4-2-15(3-5-16)6-7-17/h17H,2-7H2,1H3,(H2,11,12,13,14). The first-order valence-corrected chi connectivity index (χ1v) is 5.86. The second kappa shape index (κ2) is 5.78. The molecular formula is C10H18N6O2. The second-order valence-electron chi connectivity index (χ2n) is 4.03. The Balaban J connectivity index is 2.02. The van der Waals surface area contributed by atoms with Crippen LogP contribution in [0.5, 0.6) is 6.01 Å². The summed E-state index contributed by atoms with van der Waals surface area (Å²) in [6.45, 7) is 4.23. The van der Waals surface area contributed by atoms with E-state index in [-0.39, 0.29) is 18.6 Å². The summed E-state index contributed by atoms with van der Waals surface area (Å²) in [4.78, 5) is 16.4. The number of hydrogen-bond donors (Lipinski definition) is 2. The minimum atomic E-state index is 0.162. The zero-order valence-corrected chi connectivity index (χ0v) is 10.4. The van der Waals surface area contributed by atoms with Gasteiger partial charge in [-0.25, -0.2) is 0 Å². The molecule has 1 saturated heterocycles. The summed E-state index contributed by atoms with van der Waals surface area (Å²) >= 11 is 0. The highest BCUT2D eigenvalue weighted by Crippen LogP contribution is 2.14. The van der Waals surface area contributed by atoms with Crippen LogP contribution in [0, 0.1) is 0 Å². The number of nitrogens with two attached hydrogens (primary N) is 1. The number of β-amino-alcohol motifs (C(OH)–C–C–N with tert-alkyl or cyclic N) is 1. The van der Waals surface area contributed by atoms with E-state index in [1.807, 2.05) is 4.90 Å². The van der Waals surface area contributed by atoms with Crippen molar-refractivity contribution in [3.63, 3.8) is 0 Å². The van der Waals surface area contributed by atoms with Gasteiger partial charge in [0.25, 0.3) is 0 Å². The van der Waals surface area contributed by atoms with Crippen LogP contribution in [0.25, 0.3) is 0 Å². The Labute approximate surface area is 105 Å². The summed E-state index contributed by atoms with van der Waals surface area (Å²) in [5, 5.41) is 8.88.